The van der Waals surface area contributed by atoms with Gasteiger partial charge in [0.15, 0.2) is 5.82 Å². The average molecular weight is 864 g/mol. The second-order valence-corrected chi connectivity index (χ2v) is 17.9. The fraction of sp³-hybridized carbons (Fsp3) is 0.458. The molecule has 0 aliphatic carbocycles. The van der Waals surface area contributed by atoms with Crippen molar-refractivity contribution in [3.8, 4) is 0 Å². The van der Waals surface area contributed by atoms with Gasteiger partial charge in [0.25, 0.3) is 0 Å². The topological polar surface area (TPSA) is 106 Å². The first-order valence-electron chi connectivity index (χ1n) is 22.0. The molecule has 0 amide bonds. The summed E-state index contributed by atoms with van der Waals surface area (Å²) in [7, 11) is 3.83. The molecule has 2 saturated heterocycles. The van der Waals surface area contributed by atoms with E-state index in [1.54, 1.807) is 18.5 Å². The van der Waals surface area contributed by atoms with Crippen molar-refractivity contribution in [1.82, 2.24) is 40.3 Å². The summed E-state index contributed by atoms with van der Waals surface area (Å²) < 4.78 is 17.6. The van der Waals surface area contributed by atoms with Crippen molar-refractivity contribution in [2.24, 2.45) is 18.9 Å². The van der Waals surface area contributed by atoms with Gasteiger partial charge in [-0.05, 0) is 93.8 Å². The van der Waals surface area contributed by atoms with E-state index in [2.05, 4.69) is 107 Å². The number of hydrogen-bond donors (Lipinski definition) is 3. The van der Waals surface area contributed by atoms with Crippen LogP contribution < -0.4 is 30.7 Å². The standard InChI is InChI=1S/C48H64ClFN12/c1-11-52-34(7)13-12-31(4)43-40-16-17-42(50)45(44(40)58(10)57-43)60-22-20-59(21-23-60)29-37-18-19-61(28-32(37)5)48-54-27-41(49)46(56-48)55-39-25-38-24-36(15-14-33(6)51-9)35(8)62(30(2)3)47(38)53-26-39/h11,16-17,24-27,30-32,37,51-52H,1,6-8,12-15,18-23,28-29H2,2-5,9-10H3,(H,54,55,56). The van der Waals surface area contributed by atoms with Crippen LogP contribution in [0, 0.1) is 17.7 Å². The van der Waals surface area contributed by atoms with E-state index in [0.29, 0.717) is 34.3 Å². The van der Waals surface area contributed by atoms with Crippen LogP contribution in [-0.2, 0) is 7.05 Å². The second-order valence-electron chi connectivity index (χ2n) is 17.5. The maximum Gasteiger partial charge on any atom is 0.227 e. The van der Waals surface area contributed by atoms with Crippen LogP contribution in [0.15, 0.2) is 85.8 Å². The van der Waals surface area contributed by atoms with Crippen LogP contribution in [0.1, 0.15) is 77.0 Å². The van der Waals surface area contributed by atoms with Gasteiger partial charge in [-0.15, -0.1) is 0 Å². The van der Waals surface area contributed by atoms with Gasteiger partial charge in [0.1, 0.15) is 16.7 Å². The van der Waals surface area contributed by atoms with Crippen molar-refractivity contribution in [3.63, 3.8) is 0 Å². The molecule has 330 valence electrons. The number of piperidine rings is 1. The number of halogens is 2. The minimum absolute atomic E-state index is 0.190. The minimum atomic E-state index is -0.196. The van der Waals surface area contributed by atoms with Gasteiger partial charge in [-0.25, -0.2) is 14.4 Å². The monoisotopic (exact) mass is 863 g/mol. The Bertz CT molecular complexity index is 2340. The second kappa shape index (κ2) is 19.3. The van der Waals surface area contributed by atoms with Gasteiger partial charge in [-0.1, -0.05) is 51.8 Å². The summed E-state index contributed by atoms with van der Waals surface area (Å²) in [6.45, 7) is 31.1. The zero-order valence-corrected chi connectivity index (χ0v) is 38.2. The predicted octanol–water partition coefficient (Wildman–Crippen LogP) is 9.35. The number of fused-ring (bicyclic) bond motifs is 2. The Morgan fingerprint density at radius 1 is 1.03 bits per heavy atom. The SMILES string of the molecule is C=CNC(=C)CCC(C)c1nn(C)c2c(N3CCN(CC4CCN(c5ncc(Cl)c(Nc6cnc7c(c6)C=C(CCC(=C)NC)C(=C)N7C(C)C)n5)CC4C)CC3)c(F)ccc12. The summed E-state index contributed by atoms with van der Waals surface area (Å²) in [4.78, 5) is 23.7. The van der Waals surface area contributed by atoms with Gasteiger partial charge in [0.2, 0.25) is 5.95 Å². The van der Waals surface area contributed by atoms with E-state index in [4.69, 9.17) is 26.7 Å². The Morgan fingerprint density at radius 3 is 2.52 bits per heavy atom. The molecule has 3 aliphatic heterocycles. The number of pyridine rings is 1. The Kier molecular flexibility index (Phi) is 13.9. The minimum Gasteiger partial charge on any atom is -0.392 e. The van der Waals surface area contributed by atoms with E-state index in [1.165, 1.54) is 0 Å². The van der Waals surface area contributed by atoms with E-state index in [-0.39, 0.29) is 17.8 Å². The van der Waals surface area contributed by atoms with Crippen molar-refractivity contribution in [2.75, 3.05) is 72.9 Å². The molecule has 14 heteroatoms. The lowest BCUT2D eigenvalue weighted by Gasteiger charge is -2.42. The first-order valence-corrected chi connectivity index (χ1v) is 22.4. The van der Waals surface area contributed by atoms with Crippen molar-refractivity contribution in [2.45, 2.75) is 71.8 Å². The summed E-state index contributed by atoms with van der Waals surface area (Å²) in [6, 6.07) is 5.79. The zero-order valence-electron chi connectivity index (χ0n) is 37.4. The lowest BCUT2D eigenvalue weighted by molar-refractivity contribution is 0.169. The van der Waals surface area contributed by atoms with Crippen molar-refractivity contribution < 1.29 is 4.39 Å². The van der Waals surface area contributed by atoms with Crippen LogP contribution >= 0.6 is 11.6 Å². The highest BCUT2D eigenvalue weighted by atomic mass is 35.5. The highest BCUT2D eigenvalue weighted by Gasteiger charge is 2.32. The smallest absolute Gasteiger partial charge is 0.227 e. The summed E-state index contributed by atoms with van der Waals surface area (Å²) in [5.41, 5.74) is 8.37. The third kappa shape index (κ3) is 9.63. The Morgan fingerprint density at radius 2 is 1.81 bits per heavy atom. The lowest BCUT2D eigenvalue weighted by Crippen LogP contribution is -2.50. The van der Waals surface area contributed by atoms with Crippen molar-refractivity contribution in [3.05, 3.63) is 108 Å². The van der Waals surface area contributed by atoms with E-state index in [9.17, 15) is 0 Å². The van der Waals surface area contributed by atoms with Crippen LogP contribution in [0.5, 0.6) is 0 Å². The molecule has 3 aliphatic rings. The molecule has 7 rings (SSSR count). The van der Waals surface area contributed by atoms with Gasteiger partial charge in [-0.3, -0.25) is 9.58 Å². The lowest BCUT2D eigenvalue weighted by atomic mass is 9.86. The summed E-state index contributed by atoms with van der Waals surface area (Å²) in [5, 5.41) is 16.1. The number of allylic oxidation sites excluding steroid dienone is 3. The quantitative estimate of drug-likeness (QED) is 0.0947. The van der Waals surface area contributed by atoms with Crippen LogP contribution in [0.2, 0.25) is 5.02 Å². The number of benzene rings is 1. The molecule has 3 aromatic heterocycles. The van der Waals surface area contributed by atoms with Gasteiger partial charge < -0.3 is 30.7 Å². The molecule has 3 N–H and O–H groups in total. The Balaban J connectivity index is 0.964. The molecule has 0 radical (unpaired) electrons. The first kappa shape index (κ1) is 44.6. The van der Waals surface area contributed by atoms with E-state index >= 15 is 4.39 Å². The van der Waals surface area contributed by atoms with Crippen LogP contribution in [0.25, 0.3) is 17.0 Å². The van der Waals surface area contributed by atoms with Crippen LogP contribution in [0.3, 0.4) is 0 Å². The molecule has 0 bridgehead atoms. The molecular formula is C48H64ClFN12. The summed E-state index contributed by atoms with van der Waals surface area (Å²) in [6.07, 6.45) is 11.7. The predicted molar refractivity (Wildman–Crippen MR) is 256 cm³/mol. The highest BCUT2D eigenvalue weighted by molar-refractivity contribution is 6.32. The number of aromatic nitrogens is 5. The van der Waals surface area contributed by atoms with Gasteiger partial charge >= 0.3 is 0 Å². The maximum atomic E-state index is 15.7. The molecule has 3 atom stereocenters. The Hall–Kier alpha value is -5.40. The van der Waals surface area contributed by atoms with Crippen molar-refractivity contribution >= 4 is 57.5 Å². The average Bonchev–Trinajstić information content (AvgIpc) is 3.59. The Labute approximate surface area is 372 Å². The van der Waals surface area contributed by atoms with Gasteiger partial charge in [0, 0.05) is 99.9 Å². The van der Waals surface area contributed by atoms with E-state index in [0.717, 1.165) is 134 Å². The molecular weight excluding hydrogens is 799 g/mol. The molecule has 4 aromatic rings. The number of nitrogens with zero attached hydrogens (tertiary/aromatic N) is 9. The molecule has 62 heavy (non-hydrogen) atoms. The fourth-order valence-electron chi connectivity index (χ4n) is 9.22. The molecule has 2 fully saturated rings. The molecule has 0 spiro atoms. The molecule has 1 aromatic carbocycles. The van der Waals surface area contributed by atoms with Crippen molar-refractivity contribution in [1.29, 1.82) is 0 Å². The number of hydrogen-bond acceptors (Lipinski definition) is 11. The number of rotatable bonds is 17. The van der Waals surface area contributed by atoms with Crippen LogP contribution in [0.4, 0.5) is 33.3 Å². The highest BCUT2D eigenvalue weighted by Crippen LogP contribution is 2.39. The third-order valence-electron chi connectivity index (χ3n) is 12.8. The number of aryl methyl sites for hydroxylation is 1. The third-order valence-corrected chi connectivity index (χ3v) is 13.1. The number of anilines is 5. The number of nitrogens with one attached hydrogen (secondary N) is 3. The summed E-state index contributed by atoms with van der Waals surface area (Å²) in [5.74, 6) is 3.05. The largest absolute Gasteiger partial charge is 0.392 e. The number of piperazine rings is 1. The van der Waals surface area contributed by atoms with E-state index in [1.807, 2.05) is 31.0 Å². The molecule has 6 heterocycles. The first-order chi connectivity index (χ1) is 29.8. The summed E-state index contributed by atoms with van der Waals surface area (Å²) >= 11 is 6.70. The molecule has 3 unspecified atom stereocenters. The maximum absolute atomic E-state index is 15.7. The molecule has 0 saturated carbocycles. The van der Waals surface area contributed by atoms with E-state index < -0.39 is 0 Å². The van der Waals surface area contributed by atoms with Crippen LogP contribution in [-0.4, -0.2) is 88.5 Å². The normalized spacial score (nSPS) is 18.8. The molecule has 12 nitrogen and oxygen atoms in total. The fourth-order valence-corrected chi connectivity index (χ4v) is 9.36. The zero-order chi connectivity index (χ0) is 44.2. The van der Waals surface area contributed by atoms with Gasteiger partial charge in [-0.2, -0.15) is 10.1 Å². The van der Waals surface area contributed by atoms with Gasteiger partial charge in [0.05, 0.1) is 35.0 Å².